The molecule has 0 spiro atoms. The third-order valence-corrected chi connectivity index (χ3v) is 4.55. The summed E-state index contributed by atoms with van der Waals surface area (Å²) in [6, 6.07) is 14.3. The number of hydrogen-bond acceptors (Lipinski definition) is 4. The quantitative estimate of drug-likeness (QED) is 0.740. The van der Waals surface area contributed by atoms with Crippen molar-refractivity contribution in [3.8, 4) is 0 Å². The van der Waals surface area contributed by atoms with E-state index < -0.39 is 0 Å². The highest BCUT2D eigenvalue weighted by atomic mass is 32.2. The third kappa shape index (κ3) is 3.00. The van der Waals surface area contributed by atoms with Crippen LogP contribution in [0.5, 0.6) is 0 Å². The molecule has 2 aromatic carbocycles. The van der Waals surface area contributed by atoms with E-state index in [1.807, 2.05) is 29.6 Å². The number of nitrogens with zero attached hydrogens (tertiary/aromatic N) is 1. The molecule has 20 heavy (non-hydrogen) atoms. The summed E-state index contributed by atoms with van der Waals surface area (Å²) in [6.45, 7) is 0. The minimum Gasteiger partial charge on any atom is -0.301 e. The SMILES string of the molecule is O=C(CSc1cccc2ccccc12)Nc1nccs1. The van der Waals surface area contributed by atoms with Crippen molar-refractivity contribution in [1.29, 1.82) is 0 Å². The van der Waals surface area contributed by atoms with Crippen LogP contribution in [-0.2, 0) is 4.79 Å². The van der Waals surface area contributed by atoms with Gasteiger partial charge in [-0.25, -0.2) is 4.98 Å². The molecule has 0 saturated heterocycles. The van der Waals surface area contributed by atoms with E-state index >= 15 is 0 Å². The molecule has 100 valence electrons. The van der Waals surface area contributed by atoms with Crippen LogP contribution < -0.4 is 5.32 Å². The number of benzene rings is 2. The lowest BCUT2D eigenvalue weighted by Crippen LogP contribution is -2.13. The van der Waals surface area contributed by atoms with Gasteiger partial charge in [-0.1, -0.05) is 36.4 Å². The monoisotopic (exact) mass is 300 g/mol. The highest BCUT2D eigenvalue weighted by Gasteiger charge is 2.07. The van der Waals surface area contributed by atoms with Gasteiger partial charge in [-0.15, -0.1) is 23.1 Å². The first kappa shape index (κ1) is 13.1. The van der Waals surface area contributed by atoms with E-state index in [4.69, 9.17) is 0 Å². The van der Waals surface area contributed by atoms with Crippen LogP contribution in [-0.4, -0.2) is 16.6 Å². The van der Waals surface area contributed by atoms with E-state index in [0.717, 1.165) is 4.90 Å². The summed E-state index contributed by atoms with van der Waals surface area (Å²) >= 11 is 2.97. The maximum Gasteiger partial charge on any atom is 0.236 e. The fraction of sp³-hybridized carbons (Fsp3) is 0.0667. The highest BCUT2D eigenvalue weighted by Crippen LogP contribution is 2.27. The van der Waals surface area contributed by atoms with Crippen LogP contribution in [0.3, 0.4) is 0 Å². The zero-order valence-electron chi connectivity index (χ0n) is 10.6. The van der Waals surface area contributed by atoms with E-state index in [0.29, 0.717) is 10.9 Å². The number of nitrogens with one attached hydrogen (secondary N) is 1. The number of thiazole rings is 1. The molecular formula is C15H12N2OS2. The molecular weight excluding hydrogens is 288 g/mol. The van der Waals surface area contributed by atoms with Gasteiger partial charge in [0.25, 0.3) is 0 Å². The Morgan fingerprint density at radius 3 is 2.90 bits per heavy atom. The maximum atomic E-state index is 11.9. The smallest absolute Gasteiger partial charge is 0.236 e. The molecule has 0 saturated carbocycles. The van der Waals surface area contributed by atoms with Crippen molar-refractivity contribution in [2.45, 2.75) is 4.90 Å². The van der Waals surface area contributed by atoms with Gasteiger partial charge in [-0.05, 0) is 16.8 Å². The van der Waals surface area contributed by atoms with Gasteiger partial charge in [0.05, 0.1) is 5.75 Å². The topological polar surface area (TPSA) is 42.0 Å². The zero-order chi connectivity index (χ0) is 13.8. The molecule has 0 unspecified atom stereocenters. The van der Waals surface area contributed by atoms with Gasteiger partial charge < -0.3 is 5.32 Å². The standard InChI is InChI=1S/C15H12N2OS2/c18-14(17-15-16-8-9-19-15)10-20-13-7-3-5-11-4-1-2-6-12(11)13/h1-9H,10H2,(H,16,17,18). The van der Waals surface area contributed by atoms with E-state index in [9.17, 15) is 4.79 Å². The molecule has 0 radical (unpaired) electrons. The summed E-state index contributed by atoms with van der Waals surface area (Å²) in [4.78, 5) is 17.0. The van der Waals surface area contributed by atoms with Crippen molar-refractivity contribution in [2.24, 2.45) is 0 Å². The first-order chi connectivity index (χ1) is 9.83. The van der Waals surface area contributed by atoms with Crippen molar-refractivity contribution < 1.29 is 4.79 Å². The third-order valence-electron chi connectivity index (χ3n) is 2.79. The molecule has 1 N–H and O–H groups in total. The second-order valence-electron chi connectivity index (χ2n) is 4.15. The van der Waals surface area contributed by atoms with Crippen molar-refractivity contribution in [2.75, 3.05) is 11.1 Å². The number of anilines is 1. The van der Waals surface area contributed by atoms with Crippen molar-refractivity contribution in [3.63, 3.8) is 0 Å². The van der Waals surface area contributed by atoms with Crippen molar-refractivity contribution in [1.82, 2.24) is 4.98 Å². The molecule has 0 aliphatic carbocycles. The van der Waals surface area contributed by atoms with Gasteiger partial charge in [0.15, 0.2) is 5.13 Å². The zero-order valence-corrected chi connectivity index (χ0v) is 12.2. The Balaban J connectivity index is 1.69. The van der Waals surface area contributed by atoms with Gasteiger partial charge in [-0.3, -0.25) is 4.79 Å². The van der Waals surface area contributed by atoms with Crippen LogP contribution in [0.1, 0.15) is 0 Å². The first-order valence-corrected chi connectivity index (χ1v) is 7.99. The summed E-state index contributed by atoms with van der Waals surface area (Å²) in [5, 5.41) is 7.65. The first-order valence-electron chi connectivity index (χ1n) is 6.13. The number of hydrogen-bond donors (Lipinski definition) is 1. The second kappa shape index (κ2) is 6.07. The summed E-state index contributed by atoms with van der Waals surface area (Å²) in [5.74, 6) is 0.353. The van der Waals surface area contributed by atoms with Crippen molar-refractivity contribution >= 4 is 44.9 Å². The summed E-state index contributed by atoms with van der Waals surface area (Å²) in [6.07, 6.45) is 1.68. The van der Waals surface area contributed by atoms with E-state index in [1.165, 1.54) is 22.1 Å². The Hall–Kier alpha value is -1.85. The molecule has 3 aromatic rings. The molecule has 1 amide bonds. The predicted molar refractivity (Wildman–Crippen MR) is 85.4 cm³/mol. The number of carbonyl (C=O) groups excluding carboxylic acids is 1. The molecule has 3 nitrogen and oxygen atoms in total. The van der Waals surface area contributed by atoms with Gasteiger partial charge in [0.1, 0.15) is 0 Å². The number of thioether (sulfide) groups is 1. The lowest BCUT2D eigenvalue weighted by molar-refractivity contribution is -0.113. The molecule has 1 aromatic heterocycles. The number of fused-ring (bicyclic) bond motifs is 1. The number of amides is 1. The summed E-state index contributed by atoms with van der Waals surface area (Å²) in [5.41, 5.74) is 0. The molecule has 5 heteroatoms. The minimum atomic E-state index is -0.0297. The second-order valence-corrected chi connectivity index (χ2v) is 6.06. The van der Waals surface area contributed by atoms with Crippen LogP contribution in [0.4, 0.5) is 5.13 Å². The molecule has 0 aliphatic heterocycles. The lowest BCUT2D eigenvalue weighted by Gasteiger charge is -2.06. The van der Waals surface area contributed by atoms with Gasteiger partial charge in [0.2, 0.25) is 5.91 Å². The summed E-state index contributed by atoms with van der Waals surface area (Å²) in [7, 11) is 0. The van der Waals surface area contributed by atoms with E-state index in [2.05, 4.69) is 28.5 Å². The fourth-order valence-corrected chi connectivity index (χ4v) is 3.33. The molecule has 1 heterocycles. The molecule has 3 rings (SSSR count). The van der Waals surface area contributed by atoms with Crippen molar-refractivity contribution in [3.05, 3.63) is 54.0 Å². The van der Waals surface area contributed by atoms with Crippen LogP contribution in [0.15, 0.2) is 58.9 Å². The highest BCUT2D eigenvalue weighted by molar-refractivity contribution is 8.00. The summed E-state index contributed by atoms with van der Waals surface area (Å²) < 4.78 is 0. The van der Waals surface area contributed by atoms with Gasteiger partial charge in [-0.2, -0.15) is 0 Å². The Kier molecular flexibility index (Phi) is 3.99. The predicted octanol–water partition coefficient (Wildman–Crippen LogP) is 4.03. The Morgan fingerprint density at radius 2 is 2.05 bits per heavy atom. The number of aromatic nitrogens is 1. The average Bonchev–Trinajstić information content (AvgIpc) is 2.98. The van der Waals surface area contributed by atoms with Gasteiger partial charge in [0, 0.05) is 16.5 Å². The Bertz CT molecular complexity index is 720. The van der Waals surface area contributed by atoms with Crippen LogP contribution in [0.2, 0.25) is 0 Å². The van der Waals surface area contributed by atoms with E-state index in [1.54, 1.807) is 18.0 Å². The molecule has 0 fully saturated rings. The molecule has 0 atom stereocenters. The van der Waals surface area contributed by atoms with Gasteiger partial charge >= 0.3 is 0 Å². The Morgan fingerprint density at radius 1 is 1.20 bits per heavy atom. The Labute approximate surface area is 125 Å². The number of rotatable bonds is 4. The van der Waals surface area contributed by atoms with Crippen LogP contribution in [0.25, 0.3) is 10.8 Å². The lowest BCUT2D eigenvalue weighted by atomic mass is 10.1. The molecule has 0 bridgehead atoms. The van der Waals surface area contributed by atoms with Crippen LogP contribution in [0, 0.1) is 0 Å². The van der Waals surface area contributed by atoms with Crippen LogP contribution >= 0.6 is 23.1 Å². The largest absolute Gasteiger partial charge is 0.301 e. The van der Waals surface area contributed by atoms with E-state index in [-0.39, 0.29) is 5.91 Å². The normalized spacial score (nSPS) is 10.6. The molecule has 0 aliphatic rings. The average molecular weight is 300 g/mol. The minimum absolute atomic E-state index is 0.0297. The number of carbonyl (C=O) groups is 1. The fourth-order valence-electron chi connectivity index (χ4n) is 1.91. The maximum absolute atomic E-state index is 11.9.